The topological polar surface area (TPSA) is 92.7 Å². The van der Waals surface area contributed by atoms with Gasteiger partial charge in [-0.2, -0.15) is 5.10 Å². The lowest BCUT2D eigenvalue weighted by Crippen LogP contribution is -2.25. The number of amides is 1. The molecule has 0 aliphatic heterocycles. The van der Waals surface area contributed by atoms with E-state index in [4.69, 9.17) is 0 Å². The highest BCUT2D eigenvalue weighted by Crippen LogP contribution is 2.13. The van der Waals surface area contributed by atoms with Crippen molar-refractivity contribution in [2.45, 2.75) is 19.5 Å². The second-order valence-electron chi connectivity index (χ2n) is 6.55. The molecule has 0 fully saturated rings. The molecule has 0 bridgehead atoms. The maximum Gasteiger partial charge on any atom is 0.272 e. The zero-order chi connectivity index (χ0) is 19.3. The third kappa shape index (κ3) is 3.98. The Hall–Kier alpha value is -3.74. The molecule has 2 aromatic heterocycles. The van der Waals surface area contributed by atoms with Crippen LogP contribution in [-0.4, -0.2) is 25.7 Å². The van der Waals surface area contributed by atoms with E-state index in [-0.39, 0.29) is 17.9 Å². The number of hydrogen-bond donors (Lipinski definition) is 2. The standard InChI is InChI=1S/C21H19N5O2/c27-20(11-19-17-3-1-2-4-18(17)21(28)25-24-19)23-12-15-5-7-16(8-6-15)13-26-10-9-22-14-26/h1-10,14H,11-13H2,(H,23,27)(H,25,28). The first-order chi connectivity index (χ1) is 13.7. The predicted molar refractivity (Wildman–Crippen MR) is 106 cm³/mol. The molecule has 0 aliphatic rings. The van der Waals surface area contributed by atoms with Crippen molar-refractivity contribution in [1.29, 1.82) is 0 Å². The van der Waals surface area contributed by atoms with Crippen LogP contribution in [0.3, 0.4) is 0 Å². The summed E-state index contributed by atoms with van der Waals surface area (Å²) in [5.41, 5.74) is 2.48. The van der Waals surface area contributed by atoms with Gasteiger partial charge >= 0.3 is 0 Å². The van der Waals surface area contributed by atoms with Crippen LogP contribution in [0.15, 0.2) is 72.0 Å². The molecule has 0 aliphatic carbocycles. The van der Waals surface area contributed by atoms with Crippen molar-refractivity contribution in [3.63, 3.8) is 0 Å². The SMILES string of the molecule is O=C(Cc1n[nH]c(=O)c2ccccc12)NCc1ccc(Cn2ccnc2)cc1. The molecular weight excluding hydrogens is 354 g/mol. The Morgan fingerprint density at radius 2 is 1.79 bits per heavy atom. The number of aromatic nitrogens is 4. The molecule has 2 N–H and O–H groups in total. The first-order valence-corrected chi connectivity index (χ1v) is 8.95. The Bertz CT molecular complexity index is 1150. The summed E-state index contributed by atoms with van der Waals surface area (Å²) in [7, 11) is 0. The van der Waals surface area contributed by atoms with E-state index < -0.39 is 0 Å². The first-order valence-electron chi connectivity index (χ1n) is 8.95. The van der Waals surface area contributed by atoms with Crippen LogP contribution < -0.4 is 10.9 Å². The summed E-state index contributed by atoms with van der Waals surface area (Å²) >= 11 is 0. The Kier molecular flexibility index (Phi) is 4.97. The van der Waals surface area contributed by atoms with Crippen LogP contribution in [-0.2, 0) is 24.3 Å². The van der Waals surface area contributed by atoms with Gasteiger partial charge in [-0.3, -0.25) is 9.59 Å². The number of H-pyrrole nitrogens is 1. The molecule has 0 radical (unpaired) electrons. The zero-order valence-corrected chi connectivity index (χ0v) is 15.1. The van der Waals surface area contributed by atoms with E-state index in [9.17, 15) is 9.59 Å². The number of imidazole rings is 1. The van der Waals surface area contributed by atoms with Crippen molar-refractivity contribution < 1.29 is 4.79 Å². The summed E-state index contributed by atoms with van der Waals surface area (Å²) in [4.78, 5) is 28.2. The highest BCUT2D eigenvalue weighted by Gasteiger charge is 2.10. The van der Waals surface area contributed by atoms with Gasteiger partial charge in [0.05, 0.1) is 23.8 Å². The molecule has 140 valence electrons. The number of fused-ring (bicyclic) bond motifs is 1. The van der Waals surface area contributed by atoms with Crippen LogP contribution in [0, 0.1) is 0 Å². The number of carbonyl (C=O) groups excluding carboxylic acids is 1. The van der Waals surface area contributed by atoms with Crippen molar-refractivity contribution in [2.24, 2.45) is 0 Å². The maximum atomic E-state index is 12.3. The third-order valence-electron chi connectivity index (χ3n) is 4.54. The van der Waals surface area contributed by atoms with E-state index >= 15 is 0 Å². The molecule has 28 heavy (non-hydrogen) atoms. The van der Waals surface area contributed by atoms with Crippen LogP contribution in [0.4, 0.5) is 0 Å². The fraction of sp³-hybridized carbons (Fsp3) is 0.143. The first kappa shape index (κ1) is 17.7. The quantitative estimate of drug-likeness (QED) is 0.541. The molecule has 7 nitrogen and oxygen atoms in total. The van der Waals surface area contributed by atoms with Gasteiger partial charge in [-0.15, -0.1) is 0 Å². The van der Waals surface area contributed by atoms with E-state index in [0.29, 0.717) is 23.0 Å². The predicted octanol–water partition coefficient (Wildman–Crippen LogP) is 2.03. The molecule has 4 aromatic rings. The lowest BCUT2D eigenvalue weighted by molar-refractivity contribution is -0.120. The summed E-state index contributed by atoms with van der Waals surface area (Å²) in [5, 5.41) is 10.6. The van der Waals surface area contributed by atoms with Gasteiger partial charge in [0.15, 0.2) is 0 Å². The minimum absolute atomic E-state index is 0.107. The Labute approximate surface area is 161 Å². The summed E-state index contributed by atoms with van der Waals surface area (Å²) < 4.78 is 2.00. The molecule has 2 heterocycles. The molecule has 2 aromatic carbocycles. The molecule has 1 amide bonds. The molecule has 0 saturated carbocycles. The van der Waals surface area contributed by atoms with Crippen molar-refractivity contribution in [2.75, 3.05) is 0 Å². The van der Waals surface area contributed by atoms with E-state index in [1.807, 2.05) is 41.1 Å². The lowest BCUT2D eigenvalue weighted by atomic mass is 10.1. The van der Waals surface area contributed by atoms with E-state index in [0.717, 1.165) is 17.7 Å². The normalized spacial score (nSPS) is 10.9. The van der Waals surface area contributed by atoms with Crippen molar-refractivity contribution in [1.82, 2.24) is 25.1 Å². The van der Waals surface area contributed by atoms with Crippen molar-refractivity contribution in [3.05, 3.63) is 94.4 Å². The van der Waals surface area contributed by atoms with Crippen LogP contribution in [0.1, 0.15) is 16.8 Å². The molecule has 0 unspecified atom stereocenters. The molecular formula is C21H19N5O2. The lowest BCUT2D eigenvalue weighted by Gasteiger charge is -2.08. The molecule has 0 spiro atoms. The fourth-order valence-electron chi connectivity index (χ4n) is 3.08. The van der Waals surface area contributed by atoms with Crippen molar-refractivity contribution >= 4 is 16.7 Å². The minimum Gasteiger partial charge on any atom is -0.352 e. The highest BCUT2D eigenvalue weighted by molar-refractivity contribution is 5.88. The van der Waals surface area contributed by atoms with Crippen LogP contribution >= 0.6 is 0 Å². The Balaban J connectivity index is 1.37. The summed E-state index contributed by atoms with van der Waals surface area (Å²) in [5.74, 6) is -0.146. The smallest absolute Gasteiger partial charge is 0.272 e. The van der Waals surface area contributed by atoms with Gasteiger partial charge in [0.25, 0.3) is 5.56 Å². The second-order valence-corrected chi connectivity index (χ2v) is 6.55. The van der Waals surface area contributed by atoms with Gasteiger partial charge in [-0.1, -0.05) is 42.5 Å². The van der Waals surface area contributed by atoms with Crippen LogP contribution in [0.5, 0.6) is 0 Å². The van der Waals surface area contributed by atoms with Gasteiger partial charge in [-0.05, 0) is 17.2 Å². The van der Waals surface area contributed by atoms with E-state index in [2.05, 4.69) is 20.5 Å². The number of carbonyl (C=O) groups is 1. The van der Waals surface area contributed by atoms with Gasteiger partial charge in [0, 0.05) is 30.9 Å². The largest absolute Gasteiger partial charge is 0.352 e. The zero-order valence-electron chi connectivity index (χ0n) is 15.1. The maximum absolute atomic E-state index is 12.3. The summed E-state index contributed by atoms with van der Waals surface area (Å²) in [6, 6.07) is 15.2. The second kappa shape index (κ2) is 7.87. The van der Waals surface area contributed by atoms with Gasteiger partial charge in [0.1, 0.15) is 0 Å². The Morgan fingerprint density at radius 3 is 2.54 bits per heavy atom. The van der Waals surface area contributed by atoms with E-state index in [1.165, 1.54) is 0 Å². The molecule has 4 rings (SSSR count). The monoisotopic (exact) mass is 373 g/mol. The minimum atomic E-state index is -0.254. The van der Waals surface area contributed by atoms with Crippen LogP contribution in [0.25, 0.3) is 10.8 Å². The average Bonchev–Trinajstić information content (AvgIpc) is 3.23. The summed E-state index contributed by atoms with van der Waals surface area (Å²) in [6.45, 7) is 1.20. The number of nitrogens with zero attached hydrogens (tertiary/aromatic N) is 3. The molecule has 0 saturated heterocycles. The fourth-order valence-corrected chi connectivity index (χ4v) is 3.08. The van der Waals surface area contributed by atoms with Gasteiger partial charge < -0.3 is 9.88 Å². The van der Waals surface area contributed by atoms with Gasteiger partial charge in [0.2, 0.25) is 5.91 Å². The van der Waals surface area contributed by atoms with E-state index in [1.54, 1.807) is 30.7 Å². The number of aromatic amines is 1. The number of rotatable bonds is 6. The number of hydrogen-bond acceptors (Lipinski definition) is 4. The van der Waals surface area contributed by atoms with Crippen molar-refractivity contribution in [3.8, 4) is 0 Å². The van der Waals surface area contributed by atoms with Crippen LogP contribution in [0.2, 0.25) is 0 Å². The highest BCUT2D eigenvalue weighted by atomic mass is 16.1. The number of nitrogens with one attached hydrogen (secondary N) is 2. The third-order valence-corrected chi connectivity index (χ3v) is 4.54. The average molecular weight is 373 g/mol. The summed E-state index contributed by atoms with van der Waals surface area (Å²) in [6.07, 6.45) is 5.56. The molecule has 7 heteroatoms. The number of benzene rings is 2. The molecule has 0 atom stereocenters. The van der Waals surface area contributed by atoms with Gasteiger partial charge in [-0.25, -0.2) is 10.1 Å². The Morgan fingerprint density at radius 1 is 1.04 bits per heavy atom.